The van der Waals surface area contributed by atoms with Crippen LogP contribution in [0.3, 0.4) is 0 Å². The molecule has 0 unspecified atom stereocenters. The van der Waals surface area contributed by atoms with Crippen LogP contribution in [0.4, 0.5) is 0 Å². The number of aryl methyl sites for hydroxylation is 1. The first-order valence-corrected chi connectivity index (χ1v) is 6.34. The van der Waals surface area contributed by atoms with Crippen LogP contribution in [-0.4, -0.2) is 17.1 Å². The number of imidazole rings is 1. The summed E-state index contributed by atoms with van der Waals surface area (Å²) >= 11 is 15.7. The van der Waals surface area contributed by atoms with Crippen molar-refractivity contribution in [2.24, 2.45) is 0 Å². The number of nitrogens with zero attached hydrogens (tertiary/aromatic N) is 1. The third-order valence-corrected chi connectivity index (χ3v) is 3.74. The van der Waals surface area contributed by atoms with Crippen molar-refractivity contribution in [1.82, 2.24) is 9.97 Å². The van der Waals surface area contributed by atoms with Gasteiger partial charge in [0.05, 0.1) is 12.1 Å². The summed E-state index contributed by atoms with van der Waals surface area (Å²) in [6.07, 6.45) is 0. The molecule has 3 nitrogen and oxygen atoms in total. The number of methoxy groups -OCH3 is 1. The molecule has 1 aromatic carbocycles. The van der Waals surface area contributed by atoms with E-state index in [1.807, 2.05) is 13.0 Å². The van der Waals surface area contributed by atoms with E-state index in [9.17, 15) is 0 Å². The summed E-state index contributed by atoms with van der Waals surface area (Å²) in [5.41, 5.74) is 1.49. The molecule has 1 aromatic heterocycles. The molecule has 6 heteroatoms. The topological polar surface area (TPSA) is 37.9 Å². The Bertz CT molecular complexity index is 569. The third kappa shape index (κ3) is 2.30. The van der Waals surface area contributed by atoms with Crippen molar-refractivity contribution in [1.29, 1.82) is 0 Å². The average molecular weight is 336 g/mol. The molecule has 0 radical (unpaired) electrons. The summed E-state index contributed by atoms with van der Waals surface area (Å²) in [6, 6.07) is 3.59. The molecular weight excluding hydrogens is 327 g/mol. The van der Waals surface area contributed by atoms with E-state index in [2.05, 4.69) is 25.9 Å². The van der Waals surface area contributed by atoms with Crippen LogP contribution in [0.15, 0.2) is 16.7 Å². The largest absolute Gasteiger partial charge is 0.495 e. The number of aromatic amines is 1. The molecule has 0 aliphatic heterocycles. The number of H-pyrrole nitrogens is 1. The molecule has 0 saturated heterocycles. The maximum atomic E-state index is 6.21. The van der Waals surface area contributed by atoms with Crippen LogP contribution in [0.2, 0.25) is 10.0 Å². The summed E-state index contributed by atoms with van der Waals surface area (Å²) in [5.74, 6) is 1.35. The Morgan fingerprint density at radius 1 is 1.29 bits per heavy atom. The van der Waals surface area contributed by atoms with Gasteiger partial charge >= 0.3 is 0 Å². The lowest BCUT2D eigenvalue weighted by Crippen LogP contribution is -1.88. The Morgan fingerprint density at radius 3 is 2.53 bits per heavy atom. The van der Waals surface area contributed by atoms with Gasteiger partial charge in [-0.3, -0.25) is 0 Å². The van der Waals surface area contributed by atoms with E-state index in [1.165, 1.54) is 0 Å². The van der Waals surface area contributed by atoms with Crippen LogP contribution < -0.4 is 4.74 Å². The van der Waals surface area contributed by atoms with Gasteiger partial charge < -0.3 is 9.72 Å². The van der Waals surface area contributed by atoms with Crippen LogP contribution in [0, 0.1) is 6.92 Å². The normalized spacial score (nSPS) is 10.6. The van der Waals surface area contributed by atoms with E-state index in [-0.39, 0.29) is 0 Å². The van der Waals surface area contributed by atoms with Gasteiger partial charge in [-0.1, -0.05) is 23.2 Å². The maximum Gasteiger partial charge on any atom is 0.139 e. The number of ether oxygens (including phenoxy) is 1. The van der Waals surface area contributed by atoms with Crippen molar-refractivity contribution in [2.45, 2.75) is 6.92 Å². The summed E-state index contributed by atoms with van der Waals surface area (Å²) in [4.78, 5) is 7.41. The monoisotopic (exact) mass is 334 g/mol. The summed E-state index contributed by atoms with van der Waals surface area (Å²) in [5, 5.41) is 0.817. The van der Waals surface area contributed by atoms with Gasteiger partial charge in [-0.05, 0) is 35.0 Å². The van der Waals surface area contributed by atoms with Gasteiger partial charge in [-0.25, -0.2) is 4.98 Å². The van der Waals surface area contributed by atoms with Crippen molar-refractivity contribution >= 4 is 39.1 Å². The van der Waals surface area contributed by atoms with Gasteiger partial charge in [0.1, 0.15) is 26.9 Å². The van der Waals surface area contributed by atoms with E-state index in [4.69, 9.17) is 27.9 Å². The van der Waals surface area contributed by atoms with Crippen LogP contribution in [0.1, 0.15) is 5.82 Å². The molecule has 0 saturated carbocycles. The number of aromatic nitrogens is 2. The maximum absolute atomic E-state index is 6.21. The molecule has 0 atom stereocenters. The molecule has 17 heavy (non-hydrogen) atoms. The lowest BCUT2D eigenvalue weighted by molar-refractivity contribution is 0.415. The minimum atomic E-state index is 0.388. The van der Waals surface area contributed by atoms with Crippen molar-refractivity contribution < 1.29 is 4.74 Å². The van der Waals surface area contributed by atoms with Crippen LogP contribution in [0.5, 0.6) is 5.75 Å². The zero-order chi connectivity index (χ0) is 12.6. The molecule has 0 fully saturated rings. The molecule has 2 aromatic rings. The zero-order valence-corrected chi connectivity index (χ0v) is 12.2. The van der Waals surface area contributed by atoms with E-state index in [0.717, 1.165) is 21.7 Å². The average Bonchev–Trinajstić information content (AvgIpc) is 2.62. The molecule has 0 bridgehead atoms. The molecule has 2 rings (SSSR count). The number of nitrogens with one attached hydrogen (secondary N) is 1. The first kappa shape index (κ1) is 12.7. The van der Waals surface area contributed by atoms with Crippen LogP contribution >= 0.6 is 39.1 Å². The first-order chi connectivity index (χ1) is 8.04. The Kier molecular flexibility index (Phi) is 3.66. The lowest BCUT2D eigenvalue weighted by atomic mass is 10.1. The predicted octanol–water partition coefficient (Wildman–Crippen LogP) is 4.46. The van der Waals surface area contributed by atoms with Gasteiger partial charge in [-0.2, -0.15) is 0 Å². The molecule has 0 amide bonds. The second-order valence-electron chi connectivity index (χ2n) is 3.43. The smallest absolute Gasteiger partial charge is 0.139 e. The van der Waals surface area contributed by atoms with E-state index >= 15 is 0 Å². The van der Waals surface area contributed by atoms with E-state index in [1.54, 1.807) is 13.2 Å². The van der Waals surface area contributed by atoms with Crippen molar-refractivity contribution in [3.8, 4) is 17.0 Å². The minimum Gasteiger partial charge on any atom is -0.495 e. The number of rotatable bonds is 2. The Morgan fingerprint density at radius 2 is 2.00 bits per heavy atom. The molecule has 0 spiro atoms. The van der Waals surface area contributed by atoms with Gasteiger partial charge in [0.15, 0.2) is 0 Å². The predicted molar refractivity (Wildman–Crippen MR) is 73.0 cm³/mol. The molecule has 0 aliphatic carbocycles. The van der Waals surface area contributed by atoms with Crippen LogP contribution in [-0.2, 0) is 0 Å². The Hall–Kier alpha value is -0.710. The van der Waals surface area contributed by atoms with Crippen molar-refractivity contribution in [3.63, 3.8) is 0 Å². The van der Waals surface area contributed by atoms with Crippen molar-refractivity contribution in [2.75, 3.05) is 7.11 Å². The number of halogens is 3. The minimum absolute atomic E-state index is 0.388. The van der Waals surface area contributed by atoms with Crippen LogP contribution in [0.25, 0.3) is 11.3 Å². The van der Waals surface area contributed by atoms with E-state index in [0.29, 0.717) is 15.8 Å². The molecule has 1 heterocycles. The number of hydrogen-bond donors (Lipinski definition) is 1. The second-order valence-corrected chi connectivity index (χ2v) is 4.98. The zero-order valence-electron chi connectivity index (χ0n) is 9.14. The fraction of sp³-hybridized carbons (Fsp3) is 0.182. The summed E-state index contributed by atoms with van der Waals surface area (Å²) in [6.45, 7) is 1.87. The quantitative estimate of drug-likeness (QED) is 0.879. The molecule has 90 valence electrons. The highest BCUT2D eigenvalue weighted by atomic mass is 79.9. The molecule has 1 N–H and O–H groups in total. The Labute approximate surface area is 117 Å². The molecule has 0 aliphatic rings. The first-order valence-electron chi connectivity index (χ1n) is 4.79. The second kappa shape index (κ2) is 4.88. The highest BCUT2D eigenvalue weighted by molar-refractivity contribution is 9.10. The summed E-state index contributed by atoms with van der Waals surface area (Å²) < 4.78 is 5.87. The SMILES string of the molecule is COc1ccc(-c2nc(C)[nH]c2Br)c(Cl)c1Cl. The van der Waals surface area contributed by atoms with Gasteiger partial charge in [0.2, 0.25) is 0 Å². The number of benzene rings is 1. The Balaban J connectivity index is 2.61. The standard InChI is InChI=1S/C11H9BrCl2N2O/c1-5-15-10(11(12)16-5)6-3-4-7(17-2)9(14)8(6)13/h3-4H,1-2H3,(H,15,16). The third-order valence-electron chi connectivity index (χ3n) is 2.30. The molecular formula is C11H9BrCl2N2O. The lowest BCUT2D eigenvalue weighted by Gasteiger charge is -2.08. The fourth-order valence-electron chi connectivity index (χ4n) is 1.51. The highest BCUT2D eigenvalue weighted by Crippen LogP contribution is 2.40. The summed E-state index contributed by atoms with van der Waals surface area (Å²) in [7, 11) is 1.55. The number of hydrogen-bond acceptors (Lipinski definition) is 2. The fourth-order valence-corrected chi connectivity index (χ4v) is 2.59. The van der Waals surface area contributed by atoms with Crippen molar-refractivity contribution in [3.05, 3.63) is 32.6 Å². The van der Waals surface area contributed by atoms with Gasteiger partial charge in [0, 0.05) is 5.56 Å². The van der Waals surface area contributed by atoms with E-state index < -0.39 is 0 Å². The highest BCUT2D eigenvalue weighted by Gasteiger charge is 2.16. The van der Waals surface area contributed by atoms with Gasteiger partial charge in [-0.15, -0.1) is 0 Å². The van der Waals surface area contributed by atoms with Gasteiger partial charge in [0.25, 0.3) is 0 Å².